The first kappa shape index (κ1) is 16.5. The lowest BCUT2D eigenvalue weighted by Crippen LogP contribution is -2.30. The third-order valence-electron chi connectivity index (χ3n) is 4.90. The Labute approximate surface area is 151 Å². The van der Waals surface area contributed by atoms with Gasteiger partial charge < -0.3 is 11.1 Å². The van der Waals surface area contributed by atoms with Crippen LogP contribution in [0.1, 0.15) is 42.5 Å². The molecule has 0 atom stereocenters. The van der Waals surface area contributed by atoms with E-state index >= 15 is 0 Å². The fraction of sp³-hybridized carbons (Fsp3) is 0.368. The standard InChI is InChI=1S/C19H22N6O/c20-16-10-14(19(26)22-12-13-6-2-1-3-7-13)11-17-23-18(24-25(16)17)15-8-4-5-9-21-15/h4-5,8-11,13H,1-3,6-7,12,20H2,(H,22,26). The molecule has 3 heterocycles. The smallest absolute Gasteiger partial charge is 0.251 e. The van der Waals surface area contributed by atoms with Crippen LogP contribution in [0.15, 0.2) is 36.5 Å². The quantitative estimate of drug-likeness (QED) is 0.754. The lowest BCUT2D eigenvalue weighted by molar-refractivity contribution is 0.0943. The summed E-state index contributed by atoms with van der Waals surface area (Å²) in [7, 11) is 0. The lowest BCUT2D eigenvalue weighted by Gasteiger charge is -2.21. The van der Waals surface area contributed by atoms with E-state index in [1.165, 1.54) is 36.6 Å². The van der Waals surface area contributed by atoms with E-state index in [9.17, 15) is 4.79 Å². The average molecular weight is 350 g/mol. The van der Waals surface area contributed by atoms with Crippen LogP contribution in [0.2, 0.25) is 0 Å². The van der Waals surface area contributed by atoms with Crippen molar-refractivity contribution in [3.05, 3.63) is 42.1 Å². The summed E-state index contributed by atoms with van der Waals surface area (Å²) in [5.41, 5.74) is 7.79. The molecule has 0 aromatic carbocycles. The minimum Gasteiger partial charge on any atom is -0.384 e. The van der Waals surface area contributed by atoms with Gasteiger partial charge in [0, 0.05) is 18.3 Å². The first-order chi connectivity index (χ1) is 12.7. The van der Waals surface area contributed by atoms with Gasteiger partial charge in [0.25, 0.3) is 5.91 Å². The number of rotatable bonds is 4. The molecule has 0 spiro atoms. The molecule has 7 nitrogen and oxygen atoms in total. The molecule has 1 aliphatic rings. The molecule has 0 unspecified atom stereocenters. The van der Waals surface area contributed by atoms with Crippen molar-refractivity contribution in [2.24, 2.45) is 5.92 Å². The molecule has 0 aliphatic heterocycles. The summed E-state index contributed by atoms with van der Waals surface area (Å²) in [5, 5.41) is 7.42. The largest absolute Gasteiger partial charge is 0.384 e. The van der Waals surface area contributed by atoms with Gasteiger partial charge in [-0.2, -0.15) is 4.52 Å². The Bertz CT molecular complexity index is 914. The van der Waals surface area contributed by atoms with E-state index in [2.05, 4.69) is 20.4 Å². The SMILES string of the molecule is Nc1cc(C(=O)NCC2CCCCC2)cc2nc(-c3ccccn3)nn12. The second-order valence-corrected chi connectivity index (χ2v) is 6.80. The van der Waals surface area contributed by atoms with Crippen LogP contribution in [0.3, 0.4) is 0 Å². The van der Waals surface area contributed by atoms with Gasteiger partial charge in [-0.3, -0.25) is 9.78 Å². The highest BCUT2D eigenvalue weighted by Gasteiger charge is 2.17. The molecule has 0 bridgehead atoms. The Morgan fingerprint density at radius 1 is 1.23 bits per heavy atom. The summed E-state index contributed by atoms with van der Waals surface area (Å²) in [6.45, 7) is 0.718. The second kappa shape index (κ2) is 7.11. The molecule has 1 amide bonds. The van der Waals surface area contributed by atoms with E-state index in [1.807, 2.05) is 18.2 Å². The first-order valence-electron chi connectivity index (χ1n) is 9.06. The molecule has 26 heavy (non-hydrogen) atoms. The number of carbonyl (C=O) groups excluding carboxylic acids is 1. The van der Waals surface area contributed by atoms with E-state index in [0.29, 0.717) is 34.5 Å². The van der Waals surface area contributed by atoms with Crippen molar-refractivity contribution in [2.45, 2.75) is 32.1 Å². The number of amides is 1. The number of hydrogen-bond donors (Lipinski definition) is 2. The Balaban J connectivity index is 1.55. The van der Waals surface area contributed by atoms with Crippen LogP contribution < -0.4 is 11.1 Å². The third-order valence-corrected chi connectivity index (χ3v) is 4.90. The normalized spacial score (nSPS) is 15.2. The summed E-state index contributed by atoms with van der Waals surface area (Å²) < 4.78 is 1.53. The molecule has 3 aromatic rings. The average Bonchev–Trinajstić information content (AvgIpc) is 3.12. The molecule has 3 N–H and O–H groups in total. The molecule has 0 radical (unpaired) electrons. The van der Waals surface area contributed by atoms with Crippen LogP contribution in [0.25, 0.3) is 17.2 Å². The maximum absolute atomic E-state index is 12.5. The van der Waals surface area contributed by atoms with Crippen LogP contribution in [-0.4, -0.2) is 32.0 Å². The Morgan fingerprint density at radius 3 is 2.85 bits per heavy atom. The maximum atomic E-state index is 12.5. The number of hydrogen-bond acceptors (Lipinski definition) is 5. The van der Waals surface area contributed by atoms with Crippen molar-refractivity contribution in [3.63, 3.8) is 0 Å². The number of carbonyl (C=O) groups is 1. The zero-order chi connectivity index (χ0) is 17.9. The number of pyridine rings is 2. The summed E-state index contributed by atoms with van der Waals surface area (Å²) >= 11 is 0. The molecule has 0 saturated heterocycles. The Morgan fingerprint density at radius 2 is 2.08 bits per heavy atom. The number of aromatic nitrogens is 4. The number of nitrogens with two attached hydrogens (primary N) is 1. The summed E-state index contributed by atoms with van der Waals surface area (Å²) in [5.74, 6) is 1.32. The first-order valence-corrected chi connectivity index (χ1v) is 9.06. The summed E-state index contributed by atoms with van der Waals surface area (Å²) in [4.78, 5) is 21.2. The van der Waals surface area contributed by atoms with E-state index in [4.69, 9.17) is 5.73 Å². The monoisotopic (exact) mass is 350 g/mol. The van der Waals surface area contributed by atoms with Gasteiger partial charge >= 0.3 is 0 Å². The Kier molecular flexibility index (Phi) is 4.51. The maximum Gasteiger partial charge on any atom is 0.251 e. The highest BCUT2D eigenvalue weighted by Crippen LogP contribution is 2.23. The van der Waals surface area contributed by atoms with Gasteiger partial charge in [-0.15, -0.1) is 5.10 Å². The third kappa shape index (κ3) is 3.37. The lowest BCUT2D eigenvalue weighted by atomic mass is 9.89. The zero-order valence-electron chi connectivity index (χ0n) is 14.6. The van der Waals surface area contributed by atoms with E-state index in [0.717, 1.165) is 6.54 Å². The van der Waals surface area contributed by atoms with Crippen LogP contribution in [-0.2, 0) is 0 Å². The molecule has 4 rings (SSSR count). The van der Waals surface area contributed by atoms with Crippen molar-refractivity contribution in [2.75, 3.05) is 12.3 Å². The summed E-state index contributed by atoms with van der Waals surface area (Å²) in [6.07, 6.45) is 7.90. The molecule has 134 valence electrons. The van der Waals surface area contributed by atoms with Crippen molar-refractivity contribution >= 4 is 17.4 Å². The van der Waals surface area contributed by atoms with Gasteiger partial charge in [0.1, 0.15) is 11.5 Å². The molecule has 1 fully saturated rings. The summed E-state index contributed by atoms with van der Waals surface area (Å²) in [6, 6.07) is 8.90. The number of anilines is 1. The van der Waals surface area contributed by atoms with Gasteiger partial charge in [-0.05, 0) is 43.0 Å². The minimum absolute atomic E-state index is 0.118. The van der Waals surface area contributed by atoms with Gasteiger partial charge in [0.2, 0.25) is 5.82 Å². The number of nitrogen functional groups attached to an aromatic ring is 1. The molecular formula is C19H22N6O. The molecule has 3 aromatic heterocycles. The van der Waals surface area contributed by atoms with Crippen LogP contribution in [0.4, 0.5) is 5.82 Å². The minimum atomic E-state index is -0.118. The fourth-order valence-corrected chi connectivity index (χ4v) is 3.47. The van der Waals surface area contributed by atoms with E-state index in [-0.39, 0.29) is 5.91 Å². The van der Waals surface area contributed by atoms with Crippen LogP contribution >= 0.6 is 0 Å². The highest BCUT2D eigenvalue weighted by molar-refractivity contribution is 5.95. The predicted molar refractivity (Wildman–Crippen MR) is 99.5 cm³/mol. The zero-order valence-corrected chi connectivity index (χ0v) is 14.6. The molecule has 1 saturated carbocycles. The Hall–Kier alpha value is -2.96. The van der Waals surface area contributed by atoms with Crippen molar-refractivity contribution < 1.29 is 4.79 Å². The van der Waals surface area contributed by atoms with Crippen LogP contribution in [0, 0.1) is 5.92 Å². The van der Waals surface area contributed by atoms with E-state index < -0.39 is 0 Å². The number of fused-ring (bicyclic) bond motifs is 1. The van der Waals surface area contributed by atoms with Crippen molar-refractivity contribution in [1.29, 1.82) is 0 Å². The van der Waals surface area contributed by atoms with Gasteiger partial charge in [0.15, 0.2) is 5.65 Å². The topological polar surface area (TPSA) is 98.2 Å². The predicted octanol–water partition coefficient (Wildman–Crippen LogP) is 2.68. The number of nitrogens with one attached hydrogen (secondary N) is 1. The molecular weight excluding hydrogens is 328 g/mol. The second-order valence-electron chi connectivity index (χ2n) is 6.80. The van der Waals surface area contributed by atoms with Gasteiger partial charge in [0.05, 0.1) is 0 Å². The van der Waals surface area contributed by atoms with Crippen LogP contribution in [0.5, 0.6) is 0 Å². The fourth-order valence-electron chi connectivity index (χ4n) is 3.47. The number of nitrogens with zero attached hydrogens (tertiary/aromatic N) is 4. The van der Waals surface area contributed by atoms with Crippen molar-refractivity contribution in [3.8, 4) is 11.5 Å². The highest BCUT2D eigenvalue weighted by atomic mass is 16.1. The molecule has 1 aliphatic carbocycles. The van der Waals surface area contributed by atoms with E-state index in [1.54, 1.807) is 18.3 Å². The van der Waals surface area contributed by atoms with Gasteiger partial charge in [-0.1, -0.05) is 25.3 Å². The molecule has 7 heteroatoms. The van der Waals surface area contributed by atoms with Gasteiger partial charge in [-0.25, -0.2) is 4.98 Å². The van der Waals surface area contributed by atoms with Crippen molar-refractivity contribution in [1.82, 2.24) is 24.9 Å².